The summed E-state index contributed by atoms with van der Waals surface area (Å²) in [6.45, 7) is 0. The van der Waals surface area contributed by atoms with Gasteiger partial charge in [-0.2, -0.15) is 0 Å². The lowest BCUT2D eigenvalue weighted by Crippen LogP contribution is -2.08. The molecule has 0 saturated carbocycles. The van der Waals surface area contributed by atoms with E-state index in [2.05, 4.69) is 0 Å². The van der Waals surface area contributed by atoms with Crippen LogP contribution in [0.15, 0.2) is 27.4 Å². The first-order valence-electron chi connectivity index (χ1n) is 3.43. The number of aryl methyl sites for hydroxylation is 1. The molecule has 0 bridgehead atoms. The number of hydrogen-bond acceptors (Lipinski definition) is 2. The quantitative estimate of drug-likeness (QED) is 0.592. The van der Waals surface area contributed by atoms with Gasteiger partial charge < -0.3 is 4.42 Å². The number of fused-ring (bicyclic) bond motifs is 1. The highest BCUT2D eigenvalue weighted by molar-refractivity contribution is 5.72. The zero-order valence-corrected chi connectivity index (χ0v) is 6.37. The third-order valence-corrected chi connectivity index (χ3v) is 1.75. The average molecular weight is 167 g/mol. The molecule has 0 aliphatic heterocycles. The van der Waals surface area contributed by atoms with Crippen molar-refractivity contribution in [2.24, 2.45) is 7.05 Å². The maximum absolute atomic E-state index is 12.6. The van der Waals surface area contributed by atoms with Crippen molar-refractivity contribution >= 4 is 11.1 Å². The van der Waals surface area contributed by atoms with Crippen LogP contribution in [0.1, 0.15) is 0 Å². The highest BCUT2D eigenvalue weighted by Gasteiger charge is 2.05. The summed E-state index contributed by atoms with van der Waals surface area (Å²) in [6.07, 6.45) is 0. The zero-order valence-electron chi connectivity index (χ0n) is 6.37. The monoisotopic (exact) mass is 167 g/mol. The minimum atomic E-state index is -0.476. The minimum Gasteiger partial charge on any atom is -0.408 e. The van der Waals surface area contributed by atoms with Gasteiger partial charge in [-0.25, -0.2) is 9.18 Å². The highest BCUT2D eigenvalue weighted by Crippen LogP contribution is 2.12. The first-order valence-corrected chi connectivity index (χ1v) is 3.43. The van der Waals surface area contributed by atoms with E-state index in [4.69, 9.17) is 4.42 Å². The van der Waals surface area contributed by atoms with Crippen LogP contribution in [0.2, 0.25) is 0 Å². The first-order chi connectivity index (χ1) is 5.68. The van der Waals surface area contributed by atoms with E-state index in [0.717, 1.165) is 0 Å². The van der Waals surface area contributed by atoms with Gasteiger partial charge in [0, 0.05) is 13.1 Å². The topological polar surface area (TPSA) is 35.1 Å². The molecule has 62 valence electrons. The minimum absolute atomic E-state index is 0.280. The van der Waals surface area contributed by atoms with Crippen LogP contribution >= 0.6 is 0 Å². The van der Waals surface area contributed by atoms with Crippen molar-refractivity contribution in [3.8, 4) is 0 Å². The van der Waals surface area contributed by atoms with E-state index in [1.807, 2.05) is 0 Å². The summed E-state index contributed by atoms with van der Waals surface area (Å²) in [5.41, 5.74) is 0.879. The van der Waals surface area contributed by atoms with E-state index in [1.54, 1.807) is 7.05 Å². The normalized spacial score (nSPS) is 10.8. The predicted molar refractivity (Wildman–Crippen MR) is 41.4 cm³/mol. The highest BCUT2D eigenvalue weighted by atomic mass is 19.1. The molecule has 2 rings (SSSR count). The Morgan fingerprint density at radius 3 is 3.00 bits per heavy atom. The second-order valence-corrected chi connectivity index (χ2v) is 2.54. The summed E-state index contributed by atoms with van der Waals surface area (Å²) in [4.78, 5) is 10.9. The van der Waals surface area contributed by atoms with Crippen molar-refractivity contribution in [3.63, 3.8) is 0 Å². The maximum Gasteiger partial charge on any atom is 0.419 e. The van der Waals surface area contributed by atoms with E-state index in [9.17, 15) is 9.18 Å². The van der Waals surface area contributed by atoms with E-state index in [1.165, 1.54) is 22.8 Å². The Labute approximate surface area is 67.0 Å². The van der Waals surface area contributed by atoms with Crippen molar-refractivity contribution in [2.75, 3.05) is 0 Å². The summed E-state index contributed by atoms with van der Waals surface area (Å²) in [6, 6.07) is 3.99. The van der Waals surface area contributed by atoms with E-state index >= 15 is 0 Å². The van der Waals surface area contributed by atoms with Crippen molar-refractivity contribution in [1.82, 2.24) is 4.57 Å². The summed E-state index contributed by atoms with van der Waals surface area (Å²) in [7, 11) is 1.58. The number of hydrogen-bond donors (Lipinski definition) is 0. The van der Waals surface area contributed by atoms with Gasteiger partial charge in [0.1, 0.15) is 5.82 Å². The van der Waals surface area contributed by atoms with Crippen LogP contribution in [-0.2, 0) is 7.05 Å². The number of oxazole rings is 1. The molecule has 1 aromatic heterocycles. The number of nitrogens with zero attached hydrogens (tertiary/aromatic N) is 1. The lowest BCUT2D eigenvalue weighted by molar-refractivity contribution is 0.525. The predicted octanol–water partition coefficient (Wildman–Crippen LogP) is 1.27. The summed E-state index contributed by atoms with van der Waals surface area (Å²) in [5, 5.41) is 0. The molecule has 0 fully saturated rings. The molecule has 0 aliphatic carbocycles. The Balaban J connectivity index is 2.96. The van der Waals surface area contributed by atoms with Crippen molar-refractivity contribution in [2.45, 2.75) is 0 Å². The SMILES string of the molecule is Cn1c(=O)oc2cc(F)ccc21. The van der Waals surface area contributed by atoms with Gasteiger partial charge in [0.2, 0.25) is 0 Å². The molecule has 4 heteroatoms. The van der Waals surface area contributed by atoms with Crippen LogP contribution in [0, 0.1) is 5.82 Å². The van der Waals surface area contributed by atoms with E-state index in [-0.39, 0.29) is 5.58 Å². The van der Waals surface area contributed by atoms with Crippen LogP contribution in [-0.4, -0.2) is 4.57 Å². The fourth-order valence-corrected chi connectivity index (χ4v) is 1.11. The number of benzene rings is 1. The van der Waals surface area contributed by atoms with Crippen LogP contribution in [0.25, 0.3) is 11.1 Å². The molecule has 0 saturated heterocycles. The van der Waals surface area contributed by atoms with Crippen LogP contribution < -0.4 is 5.76 Å². The van der Waals surface area contributed by atoms with Gasteiger partial charge in [-0.3, -0.25) is 4.57 Å². The fraction of sp³-hybridized carbons (Fsp3) is 0.125. The second kappa shape index (κ2) is 2.20. The average Bonchev–Trinajstić information content (AvgIpc) is 2.28. The van der Waals surface area contributed by atoms with Crippen LogP contribution in [0.4, 0.5) is 4.39 Å². The van der Waals surface area contributed by atoms with Gasteiger partial charge in [-0.15, -0.1) is 0 Å². The van der Waals surface area contributed by atoms with Gasteiger partial charge in [0.05, 0.1) is 5.52 Å². The molecule has 0 amide bonds. The summed E-state index contributed by atoms with van der Waals surface area (Å²) < 4.78 is 18.7. The summed E-state index contributed by atoms with van der Waals surface area (Å²) >= 11 is 0. The summed E-state index contributed by atoms with van der Waals surface area (Å²) in [5.74, 6) is -0.882. The molecule has 0 aliphatic rings. The second-order valence-electron chi connectivity index (χ2n) is 2.54. The number of halogens is 1. The lowest BCUT2D eigenvalue weighted by Gasteiger charge is -1.89. The zero-order chi connectivity index (χ0) is 8.72. The smallest absolute Gasteiger partial charge is 0.408 e. The molecule has 2 aromatic rings. The molecule has 0 atom stereocenters. The van der Waals surface area contributed by atoms with Gasteiger partial charge in [-0.05, 0) is 12.1 Å². The van der Waals surface area contributed by atoms with Gasteiger partial charge in [-0.1, -0.05) is 0 Å². The first kappa shape index (κ1) is 7.09. The molecule has 0 unspecified atom stereocenters. The van der Waals surface area contributed by atoms with Gasteiger partial charge in [0.15, 0.2) is 5.58 Å². The van der Waals surface area contributed by atoms with Gasteiger partial charge >= 0.3 is 5.76 Å². The number of rotatable bonds is 0. The third kappa shape index (κ3) is 0.845. The Morgan fingerprint density at radius 2 is 2.25 bits per heavy atom. The van der Waals surface area contributed by atoms with Crippen LogP contribution in [0.5, 0.6) is 0 Å². The Morgan fingerprint density at radius 1 is 1.50 bits per heavy atom. The fourth-order valence-electron chi connectivity index (χ4n) is 1.11. The van der Waals surface area contributed by atoms with E-state index < -0.39 is 11.6 Å². The molecular weight excluding hydrogens is 161 g/mol. The Hall–Kier alpha value is -1.58. The Kier molecular flexibility index (Phi) is 1.30. The number of aromatic nitrogens is 1. The third-order valence-electron chi connectivity index (χ3n) is 1.75. The van der Waals surface area contributed by atoms with Crippen molar-refractivity contribution in [1.29, 1.82) is 0 Å². The molecule has 0 N–H and O–H groups in total. The lowest BCUT2D eigenvalue weighted by atomic mass is 10.3. The van der Waals surface area contributed by atoms with Crippen LogP contribution in [0.3, 0.4) is 0 Å². The molecule has 0 radical (unpaired) electrons. The Bertz CT molecular complexity index is 483. The molecular formula is C8H6FNO2. The van der Waals surface area contributed by atoms with Crippen molar-refractivity contribution < 1.29 is 8.81 Å². The molecule has 0 spiro atoms. The molecule has 12 heavy (non-hydrogen) atoms. The largest absolute Gasteiger partial charge is 0.419 e. The van der Waals surface area contributed by atoms with E-state index in [0.29, 0.717) is 5.52 Å². The maximum atomic E-state index is 12.6. The molecule has 1 aromatic carbocycles. The molecule has 1 heterocycles. The standard InChI is InChI=1S/C8H6FNO2/c1-10-6-3-2-5(9)4-7(6)12-8(10)11/h2-4H,1H3. The van der Waals surface area contributed by atoms with Crippen molar-refractivity contribution in [3.05, 3.63) is 34.6 Å². The molecule has 3 nitrogen and oxygen atoms in total. The van der Waals surface area contributed by atoms with Gasteiger partial charge in [0.25, 0.3) is 0 Å².